The molecule has 1 aromatic heterocycles. The number of nitro benzene ring substituents is 1. The quantitative estimate of drug-likeness (QED) is 0.187. The van der Waals surface area contributed by atoms with Gasteiger partial charge in [0.2, 0.25) is 17.7 Å². The van der Waals surface area contributed by atoms with Crippen molar-refractivity contribution in [2.45, 2.75) is 22.7 Å². The molecule has 0 radical (unpaired) electrons. The van der Waals surface area contributed by atoms with Gasteiger partial charge in [-0.2, -0.15) is 0 Å². The van der Waals surface area contributed by atoms with Gasteiger partial charge in [-0.05, 0) is 42.0 Å². The first-order chi connectivity index (χ1) is 19.7. The van der Waals surface area contributed by atoms with E-state index in [0.717, 1.165) is 33.6 Å². The number of anilines is 2. The van der Waals surface area contributed by atoms with Crippen molar-refractivity contribution in [1.82, 2.24) is 4.57 Å². The van der Waals surface area contributed by atoms with Gasteiger partial charge in [-0.15, -0.1) is 0 Å². The molecular formula is C28H19ClN4O6S2. The SMILES string of the molecule is O=C(Cn1c2c(sc1=O)[C@@H](c1ccccc1)[C@@H]1C(=O)N(c3ccc([N+](=O)[O-])cc3)C(=O)[C@@H]1S2)Nc1ccc(Cl)cc1. The van der Waals surface area contributed by atoms with E-state index in [4.69, 9.17) is 11.6 Å². The molecular weight excluding hydrogens is 588 g/mol. The van der Waals surface area contributed by atoms with Crippen molar-refractivity contribution in [1.29, 1.82) is 0 Å². The van der Waals surface area contributed by atoms with Crippen LogP contribution < -0.4 is 15.1 Å². The number of nitro groups is 1. The molecule has 1 saturated heterocycles. The van der Waals surface area contributed by atoms with Crippen molar-refractivity contribution in [3.05, 3.63) is 114 Å². The number of amides is 3. The molecule has 1 N–H and O–H groups in total. The second kappa shape index (κ2) is 10.6. The van der Waals surface area contributed by atoms with Gasteiger partial charge in [0.1, 0.15) is 11.8 Å². The summed E-state index contributed by atoms with van der Waals surface area (Å²) in [6.07, 6.45) is 0. The Hall–Kier alpha value is -4.26. The molecule has 0 bridgehead atoms. The Morgan fingerprint density at radius 2 is 1.63 bits per heavy atom. The van der Waals surface area contributed by atoms with Gasteiger partial charge >= 0.3 is 4.87 Å². The number of thioether (sulfide) groups is 1. The van der Waals surface area contributed by atoms with Gasteiger partial charge in [0.25, 0.3) is 5.69 Å². The third-order valence-corrected chi connectivity index (χ3v) is 9.81. The minimum absolute atomic E-state index is 0.162. The van der Waals surface area contributed by atoms with Crippen LogP contribution >= 0.6 is 34.7 Å². The zero-order chi connectivity index (χ0) is 28.8. The molecule has 10 nitrogen and oxygen atoms in total. The molecule has 0 aliphatic carbocycles. The molecule has 2 aliphatic rings. The average Bonchev–Trinajstić information content (AvgIpc) is 3.40. The summed E-state index contributed by atoms with van der Waals surface area (Å²) in [4.78, 5) is 65.6. The van der Waals surface area contributed by atoms with E-state index in [1.165, 1.54) is 28.8 Å². The van der Waals surface area contributed by atoms with Gasteiger partial charge in [0.15, 0.2) is 0 Å². The van der Waals surface area contributed by atoms with Gasteiger partial charge in [0.05, 0.1) is 21.6 Å². The molecule has 0 saturated carbocycles. The minimum atomic E-state index is -0.866. The Bertz CT molecular complexity index is 1760. The van der Waals surface area contributed by atoms with Crippen LogP contribution in [0.15, 0.2) is 88.7 Å². The second-order valence-electron chi connectivity index (χ2n) is 9.42. The zero-order valence-corrected chi connectivity index (χ0v) is 23.3. The molecule has 3 amide bonds. The third kappa shape index (κ3) is 4.83. The topological polar surface area (TPSA) is 132 Å². The Labute approximate surface area is 245 Å². The fourth-order valence-electron chi connectivity index (χ4n) is 5.13. The first-order valence-electron chi connectivity index (χ1n) is 12.4. The maximum Gasteiger partial charge on any atom is 0.308 e. The normalized spacial score (nSPS) is 19.5. The van der Waals surface area contributed by atoms with E-state index in [1.807, 2.05) is 30.3 Å². The molecule has 13 heteroatoms. The van der Waals surface area contributed by atoms with E-state index in [2.05, 4.69) is 5.32 Å². The average molecular weight is 607 g/mol. The number of carbonyl (C=O) groups is 3. The maximum absolute atomic E-state index is 13.9. The third-order valence-electron chi connectivity index (χ3n) is 6.96. The minimum Gasteiger partial charge on any atom is -0.325 e. The first kappa shape index (κ1) is 26.9. The molecule has 2 aliphatic heterocycles. The number of hydrogen-bond acceptors (Lipinski definition) is 8. The van der Waals surface area contributed by atoms with Crippen LogP contribution in [0.4, 0.5) is 17.1 Å². The highest BCUT2D eigenvalue weighted by Gasteiger charge is 2.56. The number of rotatable bonds is 6. The Morgan fingerprint density at radius 3 is 2.29 bits per heavy atom. The molecule has 1 fully saturated rings. The van der Waals surface area contributed by atoms with Crippen LogP contribution in [-0.4, -0.2) is 32.5 Å². The number of carbonyl (C=O) groups excluding carboxylic acids is 3. The van der Waals surface area contributed by atoms with Crippen molar-refractivity contribution in [3.8, 4) is 0 Å². The fraction of sp³-hybridized carbons (Fsp3) is 0.143. The van der Waals surface area contributed by atoms with Gasteiger partial charge in [-0.3, -0.25) is 33.9 Å². The predicted octanol–water partition coefficient (Wildman–Crippen LogP) is 4.91. The summed E-state index contributed by atoms with van der Waals surface area (Å²) in [5.74, 6) is -2.78. The number of nitrogens with one attached hydrogen (secondary N) is 1. The molecule has 0 unspecified atom stereocenters. The standard InChI is InChI=1S/C28H19ClN4O6S2/c29-16-6-8-17(9-7-16)30-20(34)14-31-27-24(41-28(31)37)21(15-4-2-1-3-5-15)22-23(40-27)26(36)32(25(22)35)18-10-12-19(13-11-18)33(38)39/h1-13,21-23H,14H2,(H,30,34)/t21-,22-,23+/m0/s1. The highest BCUT2D eigenvalue weighted by Crippen LogP contribution is 2.53. The summed E-state index contributed by atoms with van der Waals surface area (Å²) >= 11 is 7.98. The summed E-state index contributed by atoms with van der Waals surface area (Å²) in [7, 11) is 0. The van der Waals surface area contributed by atoms with Crippen LogP contribution in [0.5, 0.6) is 0 Å². The van der Waals surface area contributed by atoms with E-state index in [-0.39, 0.29) is 22.8 Å². The van der Waals surface area contributed by atoms with Crippen LogP contribution in [0.2, 0.25) is 5.02 Å². The number of fused-ring (bicyclic) bond motifs is 2. The largest absolute Gasteiger partial charge is 0.325 e. The van der Waals surface area contributed by atoms with Crippen molar-refractivity contribution >= 4 is 69.5 Å². The van der Waals surface area contributed by atoms with Crippen molar-refractivity contribution in [2.24, 2.45) is 5.92 Å². The lowest BCUT2D eigenvalue weighted by Crippen LogP contribution is -2.33. The number of benzene rings is 3. The van der Waals surface area contributed by atoms with E-state index < -0.39 is 39.7 Å². The van der Waals surface area contributed by atoms with Gasteiger partial charge < -0.3 is 5.32 Å². The summed E-state index contributed by atoms with van der Waals surface area (Å²) in [6, 6.07) is 21.0. The number of imide groups is 1. The molecule has 4 aromatic rings. The van der Waals surface area contributed by atoms with Crippen LogP contribution in [-0.2, 0) is 20.9 Å². The lowest BCUT2D eigenvalue weighted by molar-refractivity contribution is -0.384. The van der Waals surface area contributed by atoms with Crippen LogP contribution in [0.3, 0.4) is 0 Å². The molecule has 0 spiro atoms. The summed E-state index contributed by atoms with van der Waals surface area (Å²) in [5, 5.41) is 14.0. The second-order valence-corrected chi connectivity index (χ2v) is 12.0. The molecule has 3 aromatic carbocycles. The molecule has 6 rings (SSSR count). The lowest BCUT2D eigenvalue weighted by Gasteiger charge is -2.30. The highest BCUT2D eigenvalue weighted by molar-refractivity contribution is 8.00. The van der Waals surface area contributed by atoms with Crippen LogP contribution in [0.1, 0.15) is 16.4 Å². The van der Waals surface area contributed by atoms with Gasteiger partial charge in [-0.25, -0.2) is 4.90 Å². The van der Waals surface area contributed by atoms with Crippen molar-refractivity contribution in [3.63, 3.8) is 0 Å². The maximum atomic E-state index is 13.9. The monoisotopic (exact) mass is 606 g/mol. The first-order valence-corrected chi connectivity index (χ1v) is 14.4. The Balaban J connectivity index is 1.38. The van der Waals surface area contributed by atoms with E-state index in [0.29, 0.717) is 20.6 Å². The van der Waals surface area contributed by atoms with Gasteiger partial charge in [-0.1, -0.05) is 65.0 Å². The van der Waals surface area contributed by atoms with E-state index >= 15 is 0 Å². The lowest BCUT2D eigenvalue weighted by atomic mass is 9.83. The molecule has 41 heavy (non-hydrogen) atoms. The number of nitrogens with zero attached hydrogens (tertiary/aromatic N) is 3. The fourth-order valence-corrected chi connectivity index (χ4v) is 8.03. The Kier molecular flexibility index (Phi) is 6.98. The van der Waals surface area contributed by atoms with Crippen LogP contribution in [0, 0.1) is 16.0 Å². The smallest absolute Gasteiger partial charge is 0.308 e. The van der Waals surface area contributed by atoms with Crippen molar-refractivity contribution < 1.29 is 19.3 Å². The molecule has 206 valence electrons. The summed E-state index contributed by atoms with van der Waals surface area (Å²) in [6.45, 7) is -0.284. The van der Waals surface area contributed by atoms with Crippen molar-refractivity contribution in [2.75, 3.05) is 10.2 Å². The highest BCUT2D eigenvalue weighted by atomic mass is 35.5. The van der Waals surface area contributed by atoms with E-state index in [1.54, 1.807) is 24.3 Å². The van der Waals surface area contributed by atoms with Gasteiger partial charge in [0, 0.05) is 33.6 Å². The van der Waals surface area contributed by atoms with Crippen LogP contribution in [0.25, 0.3) is 0 Å². The predicted molar refractivity (Wildman–Crippen MR) is 156 cm³/mol. The number of halogens is 1. The molecule has 3 heterocycles. The summed E-state index contributed by atoms with van der Waals surface area (Å²) in [5.41, 5.74) is 1.34. The summed E-state index contributed by atoms with van der Waals surface area (Å²) < 4.78 is 1.34. The zero-order valence-electron chi connectivity index (χ0n) is 20.9. The number of hydrogen-bond donors (Lipinski definition) is 1. The molecule has 3 atom stereocenters. The number of non-ortho nitro benzene ring substituents is 1. The Morgan fingerprint density at radius 1 is 0.951 bits per heavy atom. The number of thiazole rings is 1. The number of aromatic nitrogens is 1. The van der Waals surface area contributed by atoms with E-state index in [9.17, 15) is 29.3 Å².